The molecule has 0 saturated carbocycles. The lowest BCUT2D eigenvalue weighted by Crippen LogP contribution is -2.21. The number of rotatable bonds is 9. The Morgan fingerprint density at radius 3 is 1.65 bits per heavy atom. The molecular weight excluding hydrogens is 562 g/mol. The van der Waals surface area contributed by atoms with E-state index in [-0.39, 0.29) is 0 Å². The number of nitrogens with one attached hydrogen (secondary N) is 1. The number of carbonyl (C=O) groups is 2. The van der Waals surface area contributed by atoms with E-state index in [4.69, 9.17) is 5.73 Å². The normalized spacial score (nSPS) is 9.35. The van der Waals surface area contributed by atoms with Crippen molar-refractivity contribution >= 4 is 44.7 Å². The summed E-state index contributed by atoms with van der Waals surface area (Å²) < 4.78 is 6.39. The molecule has 2 rings (SSSR count). The van der Waals surface area contributed by atoms with E-state index in [1.54, 1.807) is 6.92 Å². The number of amides is 1. The van der Waals surface area contributed by atoms with Crippen LogP contribution in [0.15, 0.2) is 45.3 Å². The Hall–Kier alpha value is -1.74. The van der Waals surface area contributed by atoms with Gasteiger partial charge >= 0.3 is 0 Å². The fraction of sp³-hybridized carbons (Fsp3) is 0.462. The Kier molecular flexibility index (Phi) is 23.3. The van der Waals surface area contributed by atoms with Crippen LogP contribution in [0, 0.1) is 13.8 Å². The van der Waals surface area contributed by atoms with Crippen molar-refractivity contribution in [2.24, 2.45) is 5.73 Å². The fourth-order valence-corrected chi connectivity index (χ4v) is 3.04. The van der Waals surface area contributed by atoms with Crippen molar-refractivity contribution in [2.75, 3.05) is 26.2 Å². The number of nitrogens with two attached hydrogens (primary N) is 1. The summed E-state index contributed by atoms with van der Waals surface area (Å²) in [6.07, 6.45) is 0.706. The van der Waals surface area contributed by atoms with Crippen LogP contribution in [0.3, 0.4) is 0 Å². The Labute approximate surface area is 222 Å². The second-order valence-corrected chi connectivity index (χ2v) is 8.75. The molecule has 0 radical (unpaired) electrons. The largest absolute Gasteiger partial charge is 0.468 e. The molecule has 0 spiro atoms. The first kappa shape index (κ1) is 34.4. The first-order valence-electron chi connectivity index (χ1n) is 11.4. The molecule has 0 heterocycles. The molecule has 0 aliphatic carbocycles. The number of benzene rings is 2. The van der Waals surface area contributed by atoms with E-state index in [1.165, 1.54) is 36.3 Å². The predicted octanol–water partition coefficient (Wildman–Crippen LogP) is 5.75. The van der Waals surface area contributed by atoms with Crippen LogP contribution >= 0.6 is 31.9 Å². The van der Waals surface area contributed by atoms with Crippen molar-refractivity contribution in [3.05, 3.63) is 67.6 Å². The van der Waals surface area contributed by atoms with Crippen LogP contribution in [0.5, 0.6) is 0 Å². The van der Waals surface area contributed by atoms with Crippen LogP contribution in [-0.2, 0) is 27.4 Å². The quantitative estimate of drug-likeness (QED) is 0.357. The summed E-state index contributed by atoms with van der Waals surface area (Å²) in [7, 11) is 0. The van der Waals surface area contributed by atoms with Crippen molar-refractivity contribution in [1.82, 2.24) is 10.2 Å². The van der Waals surface area contributed by atoms with Gasteiger partial charge in [0.25, 0.3) is 6.47 Å². The molecule has 0 aliphatic heterocycles. The van der Waals surface area contributed by atoms with Gasteiger partial charge in [-0.3, -0.25) is 9.59 Å². The maximum absolute atomic E-state index is 10.0. The molecule has 0 saturated heterocycles. The third-order valence-corrected chi connectivity index (χ3v) is 6.43. The summed E-state index contributed by atoms with van der Waals surface area (Å²) >= 11 is 6.83. The van der Waals surface area contributed by atoms with Crippen LogP contribution in [0.25, 0.3) is 0 Å². The van der Waals surface area contributed by atoms with E-state index in [0.29, 0.717) is 32.6 Å². The molecule has 0 aliphatic rings. The van der Waals surface area contributed by atoms with Crippen molar-refractivity contribution < 1.29 is 14.3 Å². The summed E-state index contributed by atoms with van der Waals surface area (Å²) in [5.41, 5.74) is 10.2. The van der Waals surface area contributed by atoms with Gasteiger partial charge in [-0.15, -0.1) is 0 Å². The summed E-state index contributed by atoms with van der Waals surface area (Å²) in [6, 6.07) is 12.1. The molecule has 3 N–H and O–H groups in total. The van der Waals surface area contributed by atoms with Gasteiger partial charge in [0.05, 0.1) is 6.61 Å². The highest BCUT2D eigenvalue weighted by Crippen LogP contribution is 2.17. The Morgan fingerprint density at radius 1 is 0.882 bits per heavy atom. The minimum absolute atomic E-state index is 0.431. The van der Waals surface area contributed by atoms with E-state index in [9.17, 15) is 9.59 Å². The van der Waals surface area contributed by atoms with Gasteiger partial charge < -0.3 is 20.7 Å². The molecule has 192 valence electrons. The molecule has 0 aromatic heterocycles. The number of aryl methyl sites for hydroxylation is 2. The average Bonchev–Trinajstić information content (AvgIpc) is 2.84. The topological polar surface area (TPSA) is 84.7 Å². The van der Waals surface area contributed by atoms with Gasteiger partial charge in [-0.25, -0.2) is 0 Å². The van der Waals surface area contributed by atoms with E-state index in [0.717, 1.165) is 14.5 Å². The smallest absolute Gasteiger partial charge is 0.293 e. The monoisotopic (exact) mass is 601 g/mol. The Morgan fingerprint density at radius 2 is 1.35 bits per heavy atom. The van der Waals surface area contributed by atoms with E-state index in [2.05, 4.69) is 80.6 Å². The zero-order valence-electron chi connectivity index (χ0n) is 21.4. The number of carbonyl (C=O) groups excluding carboxylic acids is 2. The number of hydrogen-bond acceptors (Lipinski definition) is 5. The first-order valence-corrected chi connectivity index (χ1v) is 13.0. The zero-order chi connectivity index (χ0) is 26.4. The maximum Gasteiger partial charge on any atom is 0.293 e. The second kappa shape index (κ2) is 23.0. The molecule has 0 unspecified atom stereocenters. The third-order valence-electron chi connectivity index (χ3n) is 4.65. The number of ether oxygens (including phenoxy) is 1. The van der Waals surface area contributed by atoms with Gasteiger partial charge in [0.15, 0.2) is 0 Å². The summed E-state index contributed by atoms with van der Waals surface area (Å²) in [5.74, 6) is 0. The molecule has 0 fully saturated rings. The van der Waals surface area contributed by atoms with Crippen molar-refractivity contribution in [1.29, 1.82) is 0 Å². The van der Waals surface area contributed by atoms with Gasteiger partial charge in [0.1, 0.15) is 0 Å². The van der Waals surface area contributed by atoms with Crippen molar-refractivity contribution in [2.45, 2.75) is 54.6 Å². The lowest BCUT2D eigenvalue weighted by atomic mass is 10.1. The predicted molar refractivity (Wildman–Crippen MR) is 150 cm³/mol. The van der Waals surface area contributed by atoms with E-state index in [1.807, 2.05) is 37.3 Å². The maximum atomic E-state index is 10.0. The molecule has 0 bridgehead atoms. The van der Waals surface area contributed by atoms with Gasteiger partial charge in [-0.1, -0.05) is 76.9 Å². The van der Waals surface area contributed by atoms with Gasteiger partial charge in [0.2, 0.25) is 6.41 Å². The minimum atomic E-state index is 0.431. The average molecular weight is 603 g/mol. The van der Waals surface area contributed by atoms with Crippen LogP contribution in [0.2, 0.25) is 0 Å². The molecule has 1 amide bonds. The number of hydrogen-bond donors (Lipinski definition) is 2. The van der Waals surface area contributed by atoms with E-state index >= 15 is 0 Å². The van der Waals surface area contributed by atoms with Gasteiger partial charge in [-0.05, 0) is 74.8 Å². The lowest BCUT2D eigenvalue weighted by Gasteiger charge is -2.13. The Balaban J connectivity index is 0. The summed E-state index contributed by atoms with van der Waals surface area (Å²) in [5, 5.41) is 2.62. The third kappa shape index (κ3) is 17.7. The molecule has 2 aromatic carbocycles. The zero-order valence-corrected chi connectivity index (χ0v) is 24.5. The van der Waals surface area contributed by atoms with Crippen LogP contribution < -0.4 is 11.1 Å². The highest BCUT2D eigenvalue weighted by atomic mass is 79.9. The molecule has 34 heavy (non-hydrogen) atoms. The van der Waals surface area contributed by atoms with Gasteiger partial charge in [-0.2, -0.15) is 0 Å². The fourth-order valence-electron chi connectivity index (χ4n) is 2.55. The van der Waals surface area contributed by atoms with Crippen LogP contribution in [0.1, 0.15) is 49.9 Å². The van der Waals surface area contributed by atoms with Crippen LogP contribution in [0.4, 0.5) is 0 Å². The standard InChI is InChI=1S/C9H10BrNO.C8H10BrN.C6H15N.C3H6O2/c1-7-4-8(5-11-6-12)2-3-9(7)10;1-6-4-7(5-10)2-3-8(6)9;1-4-7(5-2)6-3;1-2-5-3-4/h2-4,6H,5H2,1H3,(H,11,12);2-4H,5,10H2,1H3;4-6H2,1-3H3;3H,2H2,1H3. The minimum Gasteiger partial charge on any atom is -0.468 e. The SMILES string of the molecule is CCN(CC)CC.CCOC=O.Cc1cc(CN)ccc1Br.Cc1cc(CNC=O)ccc1Br. The summed E-state index contributed by atoms with van der Waals surface area (Å²) in [4.78, 5) is 21.6. The molecule has 0 atom stereocenters. The number of halogens is 2. The first-order chi connectivity index (χ1) is 16.2. The highest BCUT2D eigenvalue weighted by molar-refractivity contribution is 9.10. The molecular formula is C26H41Br2N3O3. The van der Waals surface area contributed by atoms with Crippen molar-refractivity contribution in [3.63, 3.8) is 0 Å². The van der Waals surface area contributed by atoms with Gasteiger partial charge in [0, 0.05) is 22.0 Å². The molecule has 8 heteroatoms. The summed E-state index contributed by atoms with van der Waals surface area (Å²) in [6.45, 7) is 18.1. The number of nitrogens with zero attached hydrogens (tertiary/aromatic N) is 1. The van der Waals surface area contributed by atoms with Crippen molar-refractivity contribution in [3.8, 4) is 0 Å². The molecule has 2 aromatic rings. The highest BCUT2D eigenvalue weighted by Gasteiger charge is 1.96. The lowest BCUT2D eigenvalue weighted by molar-refractivity contribution is -0.128. The Bertz CT molecular complexity index is 795. The second-order valence-electron chi connectivity index (χ2n) is 7.04. The van der Waals surface area contributed by atoms with Crippen LogP contribution in [-0.4, -0.2) is 44.0 Å². The molecule has 6 nitrogen and oxygen atoms in total. The van der Waals surface area contributed by atoms with E-state index < -0.39 is 0 Å².